The molecule has 0 unspecified atom stereocenters. The molecule has 1 aliphatic carbocycles. The molecule has 0 bridgehead atoms. The number of hydrogen-bond donors (Lipinski definition) is 0. The molecule has 34 heavy (non-hydrogen) atoms. The molecule has 1 nitrogen and oxygen atoms in total. The van der Waals surface area contributed by atoms with Gasteiger partial charge in [-0.2, -0.15) is 0 Å². The van der Waals surface area contributed by atoms with Gasteiger partial charge in [0.1, 0.15) is 17.4 Å². The maximum Gasteiger partial charge on any atom is 0.573 e. The van der Waals surface area contributed by atoms with Gasteiger partial charge >= 0.3 is 6.36 Å². The van der Waals surface area contributed by atoms with Crippen LogP contribution in [-0.4, -0.2) is 6.36 Å². The summed E-state index contributed by atoms with van der Waals surface area (Å²) in [5.41, 5.74) is 0.873. The lowest BCUT2D eigenvalue weighted by Crippen LogP contribution is -2.16. The fourth-order valence-corrected chi connectivity index (χ4v) is 5.21. The predicted octanol–water partition coefficient (Wildman–Crippen LogP) is 9.22. The summed E-state index contributed by atoms with van der Waals surface area (Å²) < 4.78 is 71.2. The summed E-state index contributed by atoms with van der Waals surface area (Å²) in [5.74, 6) is -0.142. The zero-order valence-corrected chi connectivity index (χ0v) is 19.2. The van der Waals surface area contributed by atoms with Gasteiger partial charge in [0.25, 0.3) is 0 Å². The molecule has 0 aliphatic heterocycles. The van der Waals surface area contributed by atoms with Crippen LogP contribution in [0.1, 0.15) is 57.4 Å². The number of benzene rings is 3. The van der Waals surface area contributed by atoms with Crippen LogP contribution in [0.25, 0.3) is 21.9 Å². The van der Waals surface area contributed by atoms with E-state index in [-0.39, 0.29) is 11.3 Å². The second-order valence-electron chi connectivity index (χ2n) is 9.42. The highest BCUT2D eigenvalue weighted by molar-refractivity contribution is 5.88. The van der Waals surface area contributed by atoms with E-state index in [4.69, 9.17) is 0 Å². The summed E-state index contributed by atoms with van der Waals surface area (Å²) in [6.45, 7) is 2.22. The minimum Gasteiger partial charge on any atom is -0.406 e. The Morgan fingerprint density at radius 2 is 1.38 bits per heavy atom. The molecule has 1 fully saturated rings. The topological polar surface area (TPSA) is 9.23 Å². The lowest BCUT2D eigenvalue weighted by Gasteiger charge is -2.28. The monoisotopic (exact) mass is 476 g/mol. The van der Waals surface area contributed by atoms with E-state index < -0.39 is 18.0 Å². The van der Waals surface area contributed by atoms with Crippen LogP contribution in [-0.2, 0) is 6.42 Å². The number of fused-ring (bicyclic) bond motifs is 1. The van der Waals surface area contributed by atoms with Crippen LogP contribution in [0.2, 0.25) is 0 Å². The Morgan fingerprint density at radius 1 is 0.794 bits per heavy atom. The maximum atomic E-state index is 15.0. The molecule has 182 valence electrons. The second-order valence-corrected chi connectivity index (χ2v) is 9.42. The first-order valence-corrected chi connectivity index (χ1v) is 12.0. The summed E-state index contributed by atoms with van der Waals surface area (Å²) in [5, 5.41) is 1.05. The van der Waals surface area contributed by atoms with E-state index in [0.717, 1.165) is 12.3 Å². The van der Waals surface area contributed by atoms with E-state index >= 15 is 0 Å². The minimum atomic E-state index is -4.78. The van der Waals surface area contributed by atoms with Crippen molar-refractivity contribution in [3.8, 4) is 16.9 Å². The van der Waals surface area contributed by atoms with Crippen LogP contribution >= 0.6 is 0 Å². The smallest absolute Gasteiger partial charge is 0.406 e. The molecule has 1 saturated carbocycles. The van der Waals surface area contributed by atoms with Crippen molar-refractivity contribution in [2.75, 3.05) is 0 Å². The van der Waals surface area contributed by atoms with Crippen molar-refractivity contribution in [3.63, 3.8) is 0 Å². The average molecular weight is 477 g/mol. The Balaban J connectivity index is 1.46. The average Bonchev–Trinajstić information content (AvgIpc) is 2.77. The molecule has 0 heterocycles. The second kappa shape index (κ2) is 10.3. The molecule has 0 radical (unpaired) electrons. The van der Waals surface area contributed by atoms with Crippen molar-refractivity contribution in [2.24, 2.45) is 11.8 Å². The highest BCUT2D eigenvalue weighted by Gasteiger charge is 2.31. The van der Waals surface area contributed by atoms with Gasteiger partial charge in [0, 0.05) is 0 Å². The van der Waals surface area contributed by atoms with Crippen molar-refractivity contribution in [3.05, 3.63) is 65.7 Å². The molecule has 4 rings (SSSR count). The SMILES string of the molecule is CCC[C@H]1CC[C@H](CCc2cc(F)c(-c3ccc4cc(OC(F)(F)F)ccc4c3)c(F)c2)CC1. The van der Waals surface area contributed by atoms with Crippen LogP contribution < -0.4 is 4.74 Å². The first-order valence-electron chi connectivity index (χ1n) is 12.0. The van der Waals surface area contributed by atoms with Gasteiger partial charge in [0.15, 0.2) is 0 Å². The molecule has 0 aromatic heterocycles. The summed E-state index contributed by atoms with van der Waals surface area (Å²) >= 11 is 0. The Hall–Kier alpha value is -2.63. The molecule has 6 heteroatoms. The Bertz CT molecular complexity index is 1110. The van der Waals surface area contributed by atoms with Gasteiger partial charge in [-0.3, -0.25) is 0 Å². The molecule has 0 saturated heterocycles. The van der Waals surface area contributed by atoms with Crippen molar-refractivity contribution in [1.82, 2.24) is 0 Å². The van der Waals surface area contributed by atoms with E-state index in [1.807, 2.05) is 0 Å². The standard InChI is InChI=1S/C28H29F5O/c1-2-3-18-4-6-19(7-5-18)8-9-20-14-25(29)27(26(30)15-20)23-11-10-22-17-24(34-28(31,32)33)13-12-21(22)16-23/h10-19H,2-9H2,1H3/t18-,19-. The van der Waals surface area contributed by atoms with Crippen molar-refractivity contribution in [1.29, 1.82) is 0 Å². The first-order chi connectivity index (χ1) is 16.2. The largest absolute Gasteiger partial charge is 0.573 e. The van der Waals surface area contributed by atoms with E-state index in [9.17, 15) is 22.0 Å². The van der Waals surface area contributed by atoms with Crippen LogP contribution in [0.15, 0.2) is 48.5 Å². The number of hydrogen-bond acceptors (Lipinski definition) is 1. The number of rotatable bonds is 7. The molecule has 0 atom stereocenters. The third kappa shape index (κ3) is 6.08. The number of aryl methyl sites for hydroxylation is 1. The van der Waals surface area contributed by atoms with Crippen LogP contribution in [0, 0.1) is 23.5 Å². The maximum absolute atomic E-state index is 15.0. The first kappa shape index (κ1) is 24.5. The van der Waals surface area contributed by atoms with Gasteiger partial charge in [-0.15, -0.1) is 13.2 Å². The van der Waals surface area contributed by atoms with Crippen molar-refractivity contribution < 1.29 is 26.7 Å². The van der Waals surface area contributed by atoms with E-state index in [1.54, 1.807) is 6.07 Å². The van der Waals surface area contributed by atoms with Gasteiger partial charge in [0.2, 0.25) is 0 Å². The lowest BCUT2D eigenvalue weighted by molar-refractivity contribution is -0.274. The third-order valence-electron chi connectivity index (χ3n) is 6.94. The molecule has 3 aromatic carbocycles. The molecule has 1 aliphatic rings. The van der Waals surface area contributed by atoms with E-state index in [1.165, 1.54) is 81.0 Å². The van der Waals surface area contributed by atoms with E-state index in [2.05, 4.69) is 11.7 Å². The number of halogens is 5. The Labute approximate surface area is 196 Å². The minimum absolute atomic E-state index is 0.124. The number of ether oxygens (including phenoxy) is 1. The summed E-state index contributed by atoms with van der Waals surface area (Å²) in [7, 11) is 0. The molecular formula is C28H29F5O. The molecule has 0 N–H and O–H groups in total. The molecular weight excluding hydrogens is 447 g/mol. The lowest BCUT2D eigenvalue weighted by atomic mass is 9.78. The fraction of sp³-hybridized carbons (Fsp3) is 0.429. The van der Waals surface area contributed by atoms with Gasteiger partial charge in [-0.05, 0) is 76.9 Å². The fourth-order valence-electron chi connectivity index (χ4n) is 5.21. The quantitative estimate of drug-likeness (QED) is 0.309. The van der Waals surface area contributed by atoms with Crippen LogP contribution in [0.4, 0.5) is 22.0 Å². The van der Waals surface area contributed by atoms with Gasteiger partial charge in [0.05, 0.1) is 5.56 Å². The van der Waals surface area contributed by atoms with Gasteiger partial charge < -0.3 is 4.74 Å². The van der Waals surface area contributed by atoms with E-state index in [0.29, 0.717) is 34.2 Å². The molecule has 0 amide bonds. The third-order valence-corrected chi connectivity index (χ3v) is 6.94. The Kier molecular flexibility index (Phi) is 7.44. The van der Waals surface area contributed by atoms with Gasteiger partial charge in [-0.1, -0.05) is 63.6 Å². The zero-order valence-electron chi connectivity index (χ0n) is 19.2. The van der Waals surface area contributed by atoms with Crippen molar-refractivity contribution in [2.45, 2.75) is 64.7 Å². The van der Waals surface area contributed by atoms with Gasteiger partial charge in [-0.25, -0.2) is 8.78 Å². The Morgan fingerprint density at radius 3 is 2.00 bits per heavy atom. The summed E-state index contributed by atoms with van der Waals surface area (Å²) in [6.07, 6.45) is 4.23. The summed E-state index contributed by atoms with van der Waals surface area (Å²) in [4.78, 5) is 0. The number of alkyl halides is 3. The highest BCUT2D eigenvalue weighted by atomic mass is 19.4. The van der Waals surface area contributed by atoms with Crippen LogP contribution in [0.5, 0.6) is 5.75 Å². The molecule has 0 spiro atoms. The zero-order chi connectivity index (χ0) is 24.3. The normalized spacial score (nSPS) is 18.9. The summed E-state index contributed by atoms with van der Waals surface area (Å²) in [6, 6.07) is 11.3. The molecule has 3 aromatic rings. The van der Waals surface area contributed by atoms with Crippen LogP contribution in [0.3, 0.4) is 0 Å². The highest BCUT2D eigenvalue weighted by Crippen LogP contribution is 2.35. The van der Waals surface area contributed by atoms with Crippen molar-refractivity contribution >= 4 is 10.8 Å². The predicted molar refractivity (Wildman–Crippen MR) is 125 cm³/mol.